The Morgan fingerprint density at radius 1 is 1.19 bits per heavy atom. The Bertz CT molecular complexity index is 893. The molecule has 0 unspecified atom stereocenters. The Morgan fingerprint density at radius 3 is 2.74 bits per heavy atom. The molecule has 7 heteroatoms. The Morgan fingerprint density at radius 2 is 1.96 bits per heavy atom. The standard InChI is InChI=1S/C20H21ClN4OS/c1-15(2)12-26-19-6-4-3-5-17(19)11-23-25-14-22-24-20(25)27-13-16-7-9-18(21)10-8-16/h3-11,14-15H,12-13H2,1-2H3/b23-11+. The first kappa shape index (κ1) is 19.5. The second-order valence-corrected chi connectivity index (χ2v) is 7.74. The van der Waals surface area contributed by atoms with Gasteiger partial charge in [-0.05, 0) is 35.7 Å². The molecule has 0 aliphatic rings. The highest BCUT2D eigenvalue weighted by molar-refractivity contribution is 7.98. The number of para-hydroxylation sites is 1. The van der Waals surface area contributed by atoms with Gasteiger partial charge in [-0.3, -0.25) is 0 Å². The summed E-state index contributed by atoms with van der Waals surface area (Å²) in [5.74, 6) is 2.04. The number of aromatic nitrogens is 3. The van der Waals surface area contributed by atoms with E-state index >= 15 is 0 Å². The largest absolute Gasteiger partial charge is 0.493 e. The molecule has 5 nitrogen and oxygen atoms in total. The Kier molecular flexibility index (Phi) is 6.90. The summed E-state index contributed by atoms with van der Waals surface area (Å²) in [5.41, 5.74) is 2.08. The SMILES string of the molecule is CC(C)COc1ccccc1/C=N/n1cnnc1SCc1ccc(Cl)cc1. The van der Waals surface area contributed by atoms with Gasteiger partial charge in [0.15, 0.2) is 0 Å². The van der Waals surface area contributed by atoms with Gasteiger partial charge in [0.1, 0.15) is 12.1 Å². The zero-order valence-corrected chi connectivity index (χ0v) is 16.8. The lowest BCUT2D eigenvalue weighted by Gasteiger charge is -2.10. The van der Waals surface area contributed by atoms with Gasteiger partial charge in [0, 0.05) is 16.3 Å². The zero-order valence-electron chi connectivity index (χ0n) is 15.2. The second kappa shape index (κ2) is 9.58. The fourth-order valence-corrected chi connectivity index (χ4v) is 3.17. The molecule has 0 spiro atoms. The third-order valence-corrected chi connectivity index (χ3v) is 4.85. The minimum Gasteiger partial charge on any atom is -0.493 e. The van der Waals surface area contributed by atoms with Crippen LogP contribution in [0.3, 0.4) is 0 Å². The smallest absolute Gasteiger partial charge is 0.212 e. The van der Waals surface area contributed by atoms with Crippen LogP contribution < -0.4 is 4.74 Å². The van der Waals surface area contributed by atoms with Crippen molar-refractivity contribution in [3.8, 4) is 5.75 Å². The lowest BCUT2D eigenvalue weighted by Crippen LogP contribution is -2.06. The second-order valence-electron chi connectivity index (χ2n) is 6.36. The van der Waals surface area contributed by atoms with Gasteiger partial charge in [-0.15, -0.1) is 10.2 Å². The summed E-state index contributed by atoms with van der Waals surface area (Å²) in [6.07, 6.45) is 3.36. The van der Waals surface area contributed by atoms with Gasteiger partial charge in [-0.25, -0.2) is 0 Å². The van der Waals surface area contributed by atoms with E-state index in [0.717, 1.165) is 32.8 Å². The van der Waals surface area contributed by atoms with Crippen LogP contribution in [-0.4, -0.2) is 27.7 Å². The molecule has 0 fully saturated rings. The molecule has 0 bridgehead atoms. The Labute approximate surface area is 168 Å². The number of nitrogens with zero attached hydrogens (tertiary/aromatic N) is 4. The summed E-state index contributed by atoms with van der Waals surface area (Å²) >= 11 is 7.49. The van der Waals surface area contributed by atoms with Crippen LogP contribution in [0.1, 0.15) is 25.0 Å². The maximum atomic E-state index is 5.93. The third kappa shape index (κ3) is 5.84. The number of ether oxygens (including phenoxy) is 1. The lowest BCUT2D eigenvalue weighted by atomic mass is 10.2. The highest BCUT2D eigenvalue weighted by Crippen LogP contribution is 2.22. The predicted octanol–water partition coefficient (Wildman–Crippen LogP) is 5.14. The van der Waals surface area contributed by atoms with E-state index in [2.05, 4.69) is 29.1 Å². The quantitative estimate of drug-likeness (QED) is 0.388. The minimum atomic E-state index is 0.462. The molecule has 2 aromatic carbocycles. The monoisotopic (exact) mass is 400 g/mol. The highest BCUT2D eigenvalue weighted by atomic mass is 35.5. The average Bonchev–Trinajstić information content (AvgIpc) is 3.12. The van der Waals surface area contributed by atoms with Crippen LogP contribution in [0.5, 0.6) is 5.75 Å². The Balaban J connectivity index is 1.68. The van der Waals surface area contributed by atoms with Crippen LogP contribution in [0.25, 0.3) is 0 Å². The van der Waals surface area contributed by atoms with Crippen molar-refractivity contribution >= 4 is 29.6 Å². The van der Waals surface area contributed by atoms with Gasteiger partial charge >= 0.3 is 0 Å². The van der Waals surface area contributed by atoms with Crippen LogP contribution in [0, 0.1) is 5.92 Å². The molecule has 0 aliphatic heterocycles. The zero-order chi connectivity index (χ0) is 19.1. The molecule has 140 valence electrons. The first-order chi connectivity index (χ1) is 13.1. The summed E-state index contributed by atoms with van der Waals surface area (Å²) in [5, 5.41) is 14.1. The van der Waals surface area contributed by atoms with E-state index in [4.69, 9.17) is 16.3 Å². The summed E-state index contributed by atoms with van der Waals surface area (Å²) in [6.45, 7) is 4.91. The topological polar surface area (TPSA) is 52.3 Å². The minimum absolute atomic E-state index is 0.462. The van der Waals surface area contributed by atoms with E-state index in [1.54, 1.807) is 29.0 Å². The maximum Gasteiger partial charge on any atom is 0.212 e. The van der Waals surface area contributed by atoms with E-state index in [-0.39, 0.29) is 0 Å². The number of hydrogen-bond donors (Lipinski definition) is 0. The summed E-state index contributed by atoms with van der Waals surface area (Å²) in [7, 11) is 0. The molecule has 27 heavy (non-hydrogen) atoms. The van der Waals surface area contributed by atoms with Gasteiger partial charge in [-0.1, -0.05) is 61.5 Å². The molecule has 0 saturated heterocycles. The van der Waals surface area contributed by atoms with Gasteiger partial charge in [0.05, 0.1) is 12.8 Å². The molecule has 1 heterocycles. The summed E-state index contributed by atoms with van der Waals surface area (Å²) < 4.78 is 7.53. The molecule has 0 amide bonds. The first-order valence-corrected chi connectivity index (χ1v) is 10.0. The van der Waals surface area contributed by atoms with E-state index in [9.17, 15) is 0 Å². The molecule has 1 aromatic heterocycles. The molecule has 0 atom stereocenters. The number of hydrogen-bond acceptors (Lipinski definition) is 5. The van der Waals surface area contributed by atoms with Crippen LogP contribution in [0.2, 0.25) is 5.02 Å². The molecular weight excluding hydrogens is 380 g/mol. The van der Waals surface area contributed by atoms with Gasteiger partial charge in [0.25, 0.3) is 0 Å². The average molecular weight is 401 g/mol. The van der Waals surface area contributed by atoms with Crippen LogP contribution in [0.4, 0.5) is 0 Å². The first-order valence-electron chi connectivity index (χ1n) is 8.65. The van der Waals surface area contributed by atoms with Crippen molar-refractivity contribution in [1.29, 1.82) is 0 Å². The van der Waals surface area contributed by atoms with Crippen molar-refractivity contribution in [2.45, 2.75) is 24.8 Å². The van der Waals surface area contributed by atoms with Gasteiger partial charge < -0.3 is 4.74 Å². The molecule has 0 saturated carbocycles. The van der Waals surface area contributed by atoms with Crippen molar-refractivity contribution in [1.82, 2.24) is 14.9 Å². The number of benzene rings is 2. The van der Waals surface area contributed by atoms with E-state index in [0.29, 0.717) is 12.5 Å². The molecule has 0 N–H and O–H groups in total. The number of thioether (sulfide) groups is 1. The highest BCUT2D eigenvalue weighted by Gasteiger charge is 2.06. The molecule has 3 rings (SSSR count). The van der Waals surface area contributed by atoms with E-state index < -0.39 is 0 Å². The van der Waals surface area contributed by atoms with Gasteiger partial charge in [0.2, 0.25) is 5.16 Å². The molecule has 0 aliphatic carbocycles. The van der Waals surface area contributed by atoms with Crippen molar-refractivity contribution in [3.63, 3.8) is 0 Å². The lowest BCUT2D eigenvalue weighted by molar-refractivity contribution is 0.270. The van der Waals surface area contributed by atoms with E-state index in [1.807, 2.05) is 48.5 Å². The molecule has 0 radical (unpaired) electrons. The summed E-state index contributed by atoms with van der Waals surface area (Å²) in [6, 6.07) is 15.6. The predicted molar refractivity (Wildman–Crippen MR) is 111 cm³/mol. The number of rotatable bonds is 8. The van der Waals surface area contributed by atoms with Gasteiger partial charge in [-0.2, -0.15) is 9.78 Å². The molecule has 3 aromatic rings. The molecular formula is C20H21ClN4OS. The number of halogens is 1. The maximum absolute atomic E-state index is 5.93. The van der Waals surface area contributed by atoms with Crippen molar-refractivity contribution in [2.24, 2.45) is 11.0 Å². The fraction of sp³-hybridized carbons (Fsp3) is 0.250. The van der Waals surface area contributed by atoms with Crippen LogP contribution >= 0.6 is 23.4 Å². The summed E-state index contributed by atoms with van der Waals surface area (Å²) in [4.78, 5) is 0. The Hall–Kier alpha value is -2.31. The third-order valence-electron chi connectivity index (χ3n) is 3.59. The van der Waals surface area contributed by atoms with Crippen molar-refractivity contribution in [3.05, 3.63) is 71.0 Å². The van der Waals surface area contributed by atoms with E-state index in [1.165, 1.54) is 0 Å². The normalized spacial score (nSPS) is 11.4. The van der Waals surface area contributed by atoms with Crippen LogP contribution in [-0.2, 0) is 5.75 Å². The fourth-order valence-electron chi connectivity index (χ4n) is 2.22. The van der Waals surface area contributed by atoms with Crippen molar-refractivity contribution in [2.75, 3.05) is 6.61 Å². The van der Waals surface area contributed by atoms with Crippen molar-refractivity contribution < 1.29 is 4.74 Å². The van der Waals surface area contributed by atoms with Crippen LogP contribution in [0.15, 0.2) is 65.1 Å².